The van der Waals surface area contributed by atoms with E-state index in [-0.39, 0.29) is 5.91 Å². The summed E-state index contributed by atoms with van der Waals surface area (Å²) in [6, 6.07) is 17.1. The van der Waals surface area contributed by atoms with Gasteiger partial charge in [0.2, 0.25) is 5.91 Å². The van der Waals surface area contributed by atoms with Crippen molar-refractivity contribution in [3.8, 4) is 11.8 Å². The molecule has 170 valence electrons. The predicted molar refractivity (Wildman–Crippen MR) is 132 cm³/mol. The van der Waals surface area contributed by atoms with Crippen LogP contribution in [-0.4, -0.2) is 47.9 Å². The van der Waals surface area contributed by atoms with Crippen LogP contribution in [-0.2, 0) is 17.9 Å². The summed E-state index contributed by atoms with van der Waals surface area (Å²) >= 11 is 1.60. The fraction of sp³-hybridized carbons (Fsp3) is 0.269. The molecule has 0 saturated carbocycles. The van der Waals surface area contributed by atoms with E-state index in [1.165, 1.54) is 0 Å². The molecule has 7 heteroatoms. The molecule has 0 spiro atoms. The monoisotopic (exact) mass is 460 g/mol. The Kier molecular flexibility index (Phi) is 8.76. The first-order chi connectivity index (χ1) is 15.9. The van der Waals surface area contributed by atoms with Crippen molar-refractivity contribution in [2.45, 2.75) is 20.1 Å². The van der Waals surface area contributed by atoms with Crippen molar-refractivity contribution in [3.63, 3.8) is 0 Å². The van der Waals surface area contributed by atoms with Gasteiger partial charge in [0.1, 0.15) is 12.4 Å². The van der Waals surface area contributed by atoms with Gasteiger partial charge in [-0.25, -0.2) is 4.98 Å². The average Bonchev–Trinajstić information content (AvgIpc) is 3.24. The molecule has 0 N–H and O–H groups in total. The van der Waals surface area contributed by atoms with Crippen molar-refractivity contribution >= 4 is 23.3 Å². The van der Waals surface area contributed by atoms with Crippen LogP contribution >= 0.6 is 11.3 Å². The zero-order valence-corrected chi connectivity index (χ0v) is 20.0. The molecule has 0 fully saturated rings. The second-order valence-electron chi connectivity index (χ2n) is 7.92. The van der Waals surface area contributed by atoms with Crippen molar-refractivity contribution in [3.05, 3.63) is 87.4 Å². The molecule has 3 aromatic rings. The van der Waals surface area contributed by atoms with E-state index in [1.54, 1.807) is 29.5 Å². The lowest BCUT2D eigenvalue weighted by molar-refractivity contribution is -0.126. The number of rotatable bonds is 10. The Labute approximate surface area is 199 Å². The number of hydrogen-bond acceptors (Lipinski definition) is 6. The zero-order chi connectivity index (χ0) is 23.6. The first kappa shape index (κ1) is 24.2. The zero-order valence-electron chi connectivity index (χ0n) is 19.2. The number of nitrogens with zero attached hydrogens (tertiary/aromatic N) is 4. The van der Waals surface area contributed by atoms with Crippen molar-refractivity contribution < 1.29 is 9.53 Å². The van der Waals surface area contributed by atoms with Crippen LogP contribution in [0.5, 0.6) is 5.75 Å². The van der Waals surface area contributed by atoms with Crippen LogP contribution in [0.15, 0.2) is 60.0 Å². The second kappa shape index (κ2) is 12.0. The van der Waals surface area contributed by atoms with Crippen molar-refractivity contribution in [2.75, 3.05) is 27.2 Å². The van der Waals surface area contributed by atoms with E-state index in [1.807, 2.05) is 78.7 Å². The third-order valence-electron chi connectivity index (χ3n) is 4.92. The highest BCUT2D eigenvalue weighted by Gasteiger charge is 2.12. The highest BCUT2D eigenvalue weighted by atomic mass is 32.1. The third kappa shape index (κ3) is 7.86. The SMILES string of the molecule is Cc1nc(COc2cccc(/C=C/C(=O)N(CCN(C)C)Cc3ccc(C#N)cc3)c2)cs1. The number of ether oxygens (including phenoxy) is 1. The van der Waals surface area contributed by atoms with E-state index < -0.39 is 0 Å². The molecular weight excluding hydrogens is 432 g/mol. The van der Waals surface area contributed by atoms with Crippen LogP contribution in [0, 0.1) is 18.3 Å². The Morgan fingerprint density at radius 2 is 1.97 bits per heavy atom. The molecule has 0 saturated heterocycles. The fourth-order valence-electron chi connectivity index (χ4n) is 3.11. The lowest BCUT2D eigenvalue weighted by Gasteiger charge is -2.23. The van der Waals surface area contributed by atoms with E-state index in [4.69, 9.17) is 10.00 Å². The number of nitriles is 1. The summed E-state index contributed by atoms with van der Waals surface area (Å²) in [4.78, 5) is 21.3. The fourth-order valence-corrected chi connectivity index (χ4v) is 3.70. The van der Waals surface area contributed by atoms with Crippen LogP contribution in [0.4, 0.5) is 0 Å². The van der Waals surface area contributed by atoms with Gasteiger partial charge in [0, 0.05) is 31.1 Å². The maximum Gasteiger partial charge on any atom is 0.246 e. The number of carbonyl (C=O) groups excluding carboxylic acids is 1. The summed E-state index contributed by atoms with van der Waals surface area (Å²) in [5.74, 6) is 0.669. The quantitative estimate of drug-likeness (QED) is 0.417. The summed E-state index contributed by atoms with van der Waals surface area (Å²) in [6.07, 6.45) is 3.41. The number of aromatic nitrogens is 1. The molecule has 0 atom stereocenters. The Hall–Kier alpha value is -3.47. The summed E-state index contributed by atoms with van der Waals surface area (Å²) in [5, 5.41) is 12.0. The molecule has 0 unspecified atom stereocenters. The van der Waals surface area contributed by atoms with E-state index in [9.17, 15) is 4.79 Å². The van der Waals surface area contributed by atoms with Crippen LogP contribution in [0.1, 0.15) is 27.4 Å². The maximum atomic E-state index is 13.0. The molecule has 3 rings (SSSR count). The molecule has 0 radical (unpaired) electrons. The maximum absolute atomic E-state index is 13.0. The first-order valence-corrected chi connectivity index (χ1v) is 11.6. The Morgan fingerprint density at radius 1 is 1.18 bits per heavy atom. The van der Waals surface area contributed by atoms with E-state index in [0.717, 1.165) is 34.1 Å². The van der Waals surface area contributed by atoms with Gasteiger partial charge in [-0.15, -0.1) is 11.3 Å². The number of carbonyl (C=O) groups is 1. The molecular formula is C26H28N4O2S. The lowest BCUT2D eigenvalue weighted by Crippen LogP contribution is -2.35. The summed E-state index contributed by atoms with van der Waals surface area (Å²) in [5.41, 5.74) is 3.40. The minimum atomic E-state index is -0.0644. The van der Waals surface area contributed by atoms with Gasteiger partial charge in [-0.05, 0) is 62.5 Å². The summed E-state index contributed by atoms with van der Waals surface area (Å²) in [6.45, 7) is 4.24. The number of benzene rings is 2. The highest BCUT2D eigenvalue weighted by molar-refractivity contribution is 7.09. The highest BCUT2D eigenvalue weighted by Crippen LogP contribution is 2.17. The number of thiazole rings is 1. The average molecular weight is 461 g/mol. The topological polar surface area (TPSA) is 69.5 Å². The number of likely N-dealkylation sites (N-methyl/N-ethyl adjacent to an activating group) is 1. The molecule has 0 aliphatic carbocycles. The van der Waals surface area contributed by atoms with Gasteiger partial charge in [0.15, 0.2) is 0 Å². The van der Waals surface area contributed by atoms with E-state index in [2.05, 4.69) is 11.1 Å². The van der Waals surface area contributed by atoms with Gasteiger partial charge in [-0.1, -0.05) is 24.3 Å². The van der Waals surface area contributed by atoms with Crippen LogP contribution in [0.3, 0.4) is 0 Å². The number of aryl methyl sites for hydroxylation is 1. The van der Waals surface area contributed by atoms with Gasteiger partial charge in [-0.3, -0.25) is 4.79 Å². The number of amides is 1. The summed E-state index contributed by atoms with van der Waals surface area (Å²) < 4.78 is 5.85. The molecule has 0 aliphatic heterocycles. The molecule has 0 aliphatic rings. The largest absolute Gasteiger partial charge is 0.487 e. The molecule has 1 amide bonds. The predicted octanol–water partition coefficient (Wildman–Crippen LogP) is 4.51. The first-order valence-electron chi connectivity index (χ1n) is 10.7. The van der Waals surface area contributed by atoms with Gasteiger partial charge in [-0.2, -0.15) is 5.26 Å². The van der Waals surface area contributed by atoms with Crippen molar-refractivity contribution in [1.82, 2.24) is 14.8 Å². The lowest BCUT2D eigenvalue weighted by atomic mass is 10.1. The minimum absolute atomic E-state index is 0.0644. The number of hydrogen-bond donors (Lipinski definition) is 0. The molecule has 1 aromatic heterocycles. The van der Waals surface area contributed by atoms with E-state index in [0.29, 0.717) is 25.3 Å². The Balaban J connectivity index is 1.65. The standard InChI is InChI=1S/C26H28N4O2S/c1-20-28-24(19-33-20)18-32-25-6-4-5-21(15-25)11-12-26(31)30(14-13-29(2)3)17-23-9-7-22(16-27)8-10-23/h4-12,15,19H,13-14,17-18H2,1-3H3/b12-11+. The van der Waals surface area contributed by atoms with Crippen LogP contribution in [0.25, 0.3) is 6.08 Å². The van der Waals surface area contributed by atoms with Gasteiger partial charge in [0.25, 0.3) is 0 Å². The molecule has 1 heterocycles. The second-order valence-corrected chi connectivity index (χ2v) is 8.99. The molecule has 2 aromatic carbocycles. The van der Waals surface area contributed by atoms with Crippen molar-refractivity contribution in [1.29, 1.82) is 5.26 Å². The summed E-state index contributed by atoms with van der Waals surface area (Å²) in [7, 11) is 3.97. The van der Waals surface area contributed by atoms with Crippen molar-refractivity contribution in [2.24, 2.45) is 0 Å². The smallest absolute Gasteiger partial charge is 0.246 e. The Bertz CT molecular complexity index is 1130. The van der Waals surface area contributed by atoms with Crippen LogP contribution in [0.2, 0.25) is 0 Å². The van der Waals surface area contributed by atoms with Gasteiger partial charge >= 0.3 is 0 Å². The third-order valence-corrected chi connectivity index (χ3v) is 5.74. The van der Waals surface area contributed by atoms with E-state index >= 15 is 0 Å². The molecule has 0 bridgehead atoms. The van der Waals surface area contributed by atoms with Crippen LogP contribution < -0.4 is 4.74 Å². The normalized spacial score (nSPS) is 11.0. The Morgan fingerprint density at radius 3 is 2.64 bits per heavy atom. The van der Waals surface area contributed by atoms with Gasteiger partial charge in [0.05, 0.1) is 22.3 Å². The minimum Gasteiger partial charge on any atom is -0.487 e. The molecule has 6 nitrogen and oxygen atoms in total. The molecule has 33 heavy (non-hydrogen) atoms. The van der Waals surface area contributed by atoms with Gasteiger partial charge < -0.3 is 14.5 Å².